The molecule has 1 saturated carbocycles. The molecule has 1 fully saturated rings. The Kier molecular flexibility index (Phi) is 6.98. The van der Waals surface area contributed by atoms with E-state index in [9.17, 15) is 24.6 Å². The summed E-state index contributed by atoms with van der Waals surface area (Å²) in [5, 5.41) is 23.1. The van der Waals surface area contributed by atoms with E-state index < -0.39 is 13.7 Å². The van der Waals surface area contributed by atoms with Gasteiger partial charge in [-0.2, -0.15) is 0 Å². The highest BCUT2D eigenvalue weighted by atomic mass is 31.2. The molecule has 8 heteroatoms. The van der Waals surface area contributed by atoms with Gasteiger partial charge >= 0.3 is 7.60 Å². The molecule has 1 atom stereocenters. The molecule has 0 saturated heterocycles. The molecule has 0 radical (unpaired) electrons. The van der Waals surface area contributed by atoms with E-state index in [0.717, 1.165) is 37.7 Å². The number of phenols is 1. The molecule has 2 aromatic carbocycles. The number of nitrogens with one attached hydrogen (secondary N) is 1. The number of aliphatic hydroxyl groups is 1. The fourth-order valence-corrected chi connectivity index (χ4v) is 4.33. The highest BCUT2D eigenvalue weighted by molar-refractivity contribution is 7.60. The van der Waals surface area contributed by atoms with Crippen LogP contribution in [0.1, 0.15) is 31.2 Å². The van der Waals surface area contributed by atoms with Crippen molar-refractivity contribution in [1.82, 2.24) is 5.32 Å². The monoisotopic (exact) mass is 421 g/mol. The van der Waals surface area contributed by atoms with Crippen molar-refractivity contribution in [3.8, 4) is 11.5 Å². The van der Waals surface area contributed by atoms with Gasteiger partial charge in [0.05, 0.1) is 5.30 Å². The molecule has 0 aliphatic heterocycles. The Hall–Kier alpha value is -1.89. The number of aromatic hydroxyl groups is 1. The fourth-order valence-electron chi connectivity index (χ4n) is 3.79. The number of benzene rings is 2. The van der Waals surface area contributed by atoms with E-state index >= 15 is 0 Å². The van der Waals surface area contributed by atoms with Crippen molar-refractivity contribution in [1.29, 1.82) is 0 Å². The summed E-state index contributed by atoms with van der Waals surface area (Å²) < 4.78 is 16.9. The lowest BCUT2D eigenvalue weighted by atomic mass is 9.89. The lowest BCUT2D eigenvalue weighted by Gasteiger charge is -2.32. The second kappa shape index (κ2) is 9.28. The Morgan fingerprint density at radius 3 is 2.24 bits per heavy atom. The van der Waals surface area contributed by atoms with Gasteiger partial charge in [-0.3, -0.25) is 4.57 Å². The molecule has 5 N–H and O–H groups in total. The molecule has 0 heterocycles. The average Bonchev–Trinajstić information content (AvgIpc) is 3.14. The van der Waals surface area contributed by atoms with Crippen LogP contribution in [0, 0.1) is 0 Å². The van der Waals surface area contributed by atoms with Crippen LogP contribution < -0.4 is 15.4 Å². The maximum atomic E-state index is 11.3. The van der Waals surface area contributed by atoms with Gasteiger partial charge in [-0.25, -0.2) is 0 Å². The first-order chi connectivity index (χ1) is 13.8. The second-order valence-electron chi connectivity index (χ2n) is 7.71. The first-order valence-corrected chi connectivity index (χ1v) is 11.4. The first kappa shape index (κ1) is 21.8. The van der Waals surface area contributed by atoms with Crippen LogP contribution in [-0.4, -0.2) is 44.8 Å². The molecule has 0 aromatic heterocycles. The standard InChI is InChI=1S/C21H28NO6P/c23-17-5-7-19(8-6-17)28-15-18(24)14-22-21(11-1-2-12-21)13-16-3-9-20(10-4-16)29(25,26)27/h3-10,18,22-24H,1-2,11-15H2,(H2,25,26,27)/t18-/m0/s1. The Bertz CT molecular complexity index is 827. The molecule has 0 unspecified atom stereocenters. The van der Waals surface area contributed by atoms with Crippen molar-refractivity contribution < 1.29 is 29.3 Å². The molecule has 158 valence electrons. The number of hydrogen-bond acceptors (Lipinski definition) is 5. The van der Waals surface area contributed by atoms with Gasteiger partial charge in [0.1, 0.15) is 24.2 Å². The van der Waals surface area contributed by atoms with Gasteiger partial charge in [0, 0.05) is 12.1 Å². The topological polar surface area (TPSA) is 119 Å². The van der Waals surface area contributed by atoms with Gasteiger partial charge in [-0.05, 0) is 61.2 Å². The average molecular weight is 421 g/mol. The SMILES string of the molecule is O=P(O)(O)c1ccc(CC2(NC[C@H](O)COc3ccc(O)cc3)CCCC2)cc1. The quantitative estimate of drug-likeness (QED) is 0.393. The largest absolute Gasteiger partial charge is 0.508 e. The normalized spacial score (nSPS) is 17.2. The minimum Gasteiger partial charge on any atom is -0.508 e. The van der Waals surface area contributed by atoms with Crippen LogP contribution in [0.2, 0.25) is 0 Å². The number of hydrogen-bond donors (Lipinski definition) is 5. The van der Waals surface area contributed by atoms with Gasteiger partial charge in [-0.1, -0.05) is 25.0 Å². The van der Waals surface area contributed by atoms with Crippen molar-refractivity contribution in [2.45, 2.75) is 43.7 Å². The van der Waals surface area contributed by atoms with Gasteiger partial charge in [0.25, 0.3) is 0 Å². The highest BCUT2D eigenvalue weighted by Crippen LogP contribution is 2.35. The van der Waals surface area contributed by atoms with Crippen LogP contribution >= 0.6 is 7.60 Å². The van der Waals surface area contributed by atoms with Crippen LogP contribution in [-0.2, 0) is 11.0 Å². The minimum atomic E-state index is -4.23. The zero-order valence-electron chi connectivity index (χ0n) is 16.2. The van der Waals surface area contributed by atoms with Crippen molar-refractivity contribution in [2.24, 2.45) is 0 Å². The van der Waals surface area contributed by atoms with E-state index in [1.807, 2.05) is 0 Å². The summed E-state index contributed by atoms with van der Waals surface area (Å²) in [5.74, 6) is 0.749. The van der Waals surface area contributed by atoms with E-state index in [4.69, 9.17) is 4.74 Å². The molecular weight excluding hydrogens is 393 g/mol. The second-order valence-corrected chi connectivity index (χ2v) is 9.32. The van der Waals surface area contributed by atoms with E-state index in [1.165, 1.54) is 24.3 Å². The van der Waals surface area contributed by atoms with Crippen molar-refractivity contribution in [3.63, 3.8) is 0 Å². The summed E-state index contributed by atoms with van der Waals surface area (Å²) in [6.07, 6.45) is 4.23. The summed E-state index contributed by atoms with van der Waals surface area (Å²) in [4.78, 5) is 18.5. The molecule has 0 bridgehead atoms. The zero-order valence-corrected chi connectivity index (χ0v) is 17.1. The molecular formula is C21H28NO6P. The lowest BCUT2D eigenvalue weighted by Crippen LogP contribution is -2.48. The van der Waals surface area contributed by atoms with E-state index in [-0.39, 0.29) is 23.2 Å². The Morgan fingerprint density at radius 2 is 1.66 bits per heavy atom. The predicted molar refractivity (Wildman–Crippen MR) is 111 cm³/mol. The van der Waals surface area contributed by atoms with Crippen LogP contribution in [0.25, 0.3) is 0 Å². The Labute approximate surface area is 170 Å². The molecule has 1 aliphatic carbocycles. The third-order valence-corrected chi connectivity index (χ3v) is 6.34. The summed E-state index contributed by atoms with van der Waals surface area (Å²) in [5.41, 5.74) is 0.870. The van der Waals surface area contributed by atoms with E-state index in [2.05, 4.69) is 5.32 Å². The molecule has 29 heavy (non-hydrogen) atoms. The van der Waals surface area contributed by atoms with Gasteiger partial charge in [0.2, 0.25) is 0 Å². The summed E-state index contributed by atoms with van der Waals surface area (Å²) in [7, 11) is -4.23. The maximum Gasteiger partial charge on any atom is 0.356 e. The van der Waals surface area contributed by atoms with Crippen molar-refractivity contribution in [3.05, 3.63) is 54.1 Å². The lowest BCUT2D eigenvalue weighted by molar-refractivity contribution is 0.0963. The van der Waals surface area contributed by atoms with Crippen LogP contribution in [0.3, 0.4) is 0 Å². The van der Waals surface area contributed by atoms with E-state index in [0.29, 0.717) is 12.3 Å². The summed E-state index contributed by atoms with van der Waals surface area (Å²) in [6.45, 7) is 0.531. The number of β-amino-alcohol motifs (C(OH)–C–C–N with tert-alkyl or cyclic N) is 1. The molecule has 7 nitrogen and oxygen atoms in total. The van der Waals surface area contributed by atoms with Gasteiger partial charge < -0.3 is 30.1 Å². The number of phenolic OH excluding ortho intramolecular Hbond substituents is 1. The molecule has 0 amide bonds. The highest BCUT2D eigenvalue weighted by Gasteiger charge is 2.34. The number of ether oxygens (including phenoxy) is 1. The van der Waals surface area contributed by atoms with Crippen LogP contribution in [0.4, 0.5) is 0 Å². The molecule has 3 rings (SSSR count). The van der Waals surface area contributed by atoms with Crippen LogP contribution in [0.15, 0.2) is 48.5 Å². The number of rotatable bonds is 9. The van der Waals surface area contributed by atoms with Gasteiger partial charge in [0.15, 0.2) is 0 Å². The summed E-state index contributed by atoms with van der Waals surface area (Å²) in [6, 6.07) is 12.9. The maximum absolute atomic E-state index is 11.3. The Balaban J connectivity index is 1.54. The van der Waals surface area contributed by atoms with Crippen molar-refractivity contribution in [2.75, 3.05) is 13.2 Å². The number of aliphatic hydroxyl groups excluding tert-OH is 1. The molecule has 1 aliphatic rings. The zero-order chi connectivity index (χ0) is 20.9. The van der Waals surface area contributed by atoms with Crippen LogP contribution in [0.5, 0.6) is 11.5 Å². The third-order valence-electron chi connectivity index (χ3n) is 5.37. The fraction of sp³-hybridized carbons (Fsp3) is 0.429. The smallest absolute Gasteiger partial charge is 0.356 e. The molecule has 2 aromatic rings. The summed E-state index contributed by atoms with van der Waals surface area (Å²) >= 11 is 0. The minimum absolute atomic E-state index is 0.0245. The first-order valence-electron chi connectivity index (χ1n) is 9.76. The Morgan fingerprint density at radius 1 is 1.03 bits per heavy atom. The van der Waals surface area contributed by atoms with Crippen molar-refractivity contribution >= 4 is 12.9 Å². The van der Waals surface area contributed by atoms with E-state index in [1.54, 1.807) is 24.3 Å². The van der Waals surface area contributed by atoms with Gasteiger partial charge in [-0.15, -0.1) is 0 Å². The predicted octanol–water partition coefficient (Wildman–Crippen LogP) is 2.08. The third kappa shape index (κ3) is 6.29. The molecule has 0 spiro atoms.